The van der Waals surface area contributed by atoms with Crippen molar-refractivity contribution in [3.8, 4) is 0 Å². The highest BCUT2D eigenvalue weighted by atomic mass is 32.1. The number of hydrogen-bond donors (Lipinski definition) is 1. The molecule has 3 aromatic heterocycles. The highest BCUT2D eigenvalue weighted by Gasteiger charge is 2.33. The summed E-state index contributed by atoms with van der Waals surface area (Å²) in [7, 11) is 1.75. The Labute approximate surface area is 178 Å². The van der Waals surface area contributed by atoms with Crippen LogP contribution in [-0.4, -0.2) is 46.1 Å². The average molecular weight is 428 g/mol. The SMILES string of the molecule is CN(C(=O)c1cnc(C2CNC(OC(=O)C(C)(C)C)C2)s1)c1ccn2ccnc2c1. The quantitative estimate of drug-likeness (QED) is 0.644. The van der Waals surface area contributed by atoms with E-state index < -0.39 is 5.41 Å². The summed E-state index contributed by atoms with van der Waals surface area (Å²) in [4.78, 5) is 36.0. The minimum Gasteiger partial charge on any atom is -0.446 e. The Morgan fingerprint density at radius 1 is 1.30 bits per heavy atom. The van der Waals surface area contributed by atoms with Crippen LogP contribution in [0.5, 0.6) is 0 Å². The van der Waals surface area contributed by atoms with Gasteiger partial charge in [0.05, 0.1) is 16.6 Å². The molecule has 9 heteroatoms. The highest BCUT2D eigenvalue weighted by molar-refractivity contribution is 7.13. The van der Waals surface area contributed by atoms with Gasteiger partial charge in [0, 0.05) is 56.3 Å². The third kappa shape index (κ3) is 4.08. The monoisotopic (exact) mass is 427 g/mol. The molecule has 0 saturated carbocycles. The van der Waals surface area contributed by atoms with Gasteiger partial charge >= 0.3 is 5.97 Å². The molecular formula is C21H25N5O3S. The van der Waals surface area contributed by atoms with Crippen LogP contribution in [0, 0.1) is 5.41 Å². The van der Waals surface area contributed by atoms with E-state index in [1.165, 1.54) is 11.3 Å². The average Bonchev–Trinajstić information content (AvgIpc) is 3.45. The number of ether oxygens (including phenoxy) is 1. The molecule has 30 heavy (non-hydrogen) atoms. The number of thiazole rings is 1. The Morgan fingerprint density at radius 2 is 2.10 bits per heavy atom. The molecular weight excluding hydrogens is 402 g/mol. The van der Waals surface area contributed by atoms with Crippen LogP contribution in [0.2, 0.25) is 0 Å². The molecule has 0 bridgehead atoms. The van der Waals surface area contributed by atoms with Gasteiger partial charge in [-0.1, -0.05) is 0 Å². The summed E-state index contributed by atoms with van der Waals surface area (Å²) in [5, 5.41) is 4.10. The summed E-state index contributed by atoms with van der Waals surface area (Å²) in [6.07, 6.45) is 7.41. The molecule has 2 unspecified atom stereocenters. The molecule has 1 aliphatic heterocycles. The molecule has 4 rings (SSSR count). The lowest BCUT2D eigenvalue weighted by molar-refractivity contribution is -0.159. The van der Waals surface area contributed by atoms with Gasteiger partial charge in [-0.3, -0.25) is 14.9 Å². The number of carbonyl (C=O) groups is 2. The van der Waals surface area contributed by atoms with Crippen molar-refractivity contribution in [2.24, 2.45) is 5.41 Å². The maximum atomic E-state index is 13.0. The molecule has 3 aromatic rings. The smallest absolute Gasteiger partial charge is 0.312 e. The van der Waals surface area contributed by atoms with Crippen molar-refractivity contribution in [2.45, 2.75) is 39.3 Å². The fraction of sp³-hybridized carbons (Fsp3) is 0.429. The predicted octanol–water partition coefficient (Wildman–Crippen LogP) is 3.06. The molecule has 0 spiro atoms. The summed E-state index contributed by atoms with van der Waals surface area (Å²) < 4.78 is 7.44. The zero-order chi connectivity index (χ0) is 21.5. The molecule has 1 N–H and O–H groups in total. The second kappa shape index (κ2) is 7.81. The van der Waals surface area contributed by atoms with E-state index >= 15 is 0 Å². The van der Waals surface area contributed by atoms with Gasteiger partial charge < -0.3 is 14.0 Å². The first-order chi connectivity index (χ1) is 14.2. The molecule has 0 radical (unpaired) electrons. The third-order valence-corrected chi connectivity index (χ3v) is 6.26. The van der Waals surface area contributed by atoms with Crippen LogP contribution >= 0.6 is 11.3 Å². The fourth-order valence-corrected chi connectivity index (χ4v) is 4.26. The molecule has 0 aliphatic carbocycles. The van der Waals surface area contributed by atoms with E-state index in [9.17, 15) is 9.59 Å². The molecule has 158 valence electrons. The van der Waals surface area contributed by atoms with Crippen LogP contribution in [0.1, 0.15) is 47.8 Å². The molecule has 0 aromatic carbocycles. The van der Waals surface area contributed by atoms with Crippen LogP contribution in [0.3, 0.4) is 0 Å². The van der Waals surface area contributed by atoms with E-state index in [0.717, 1.165) is 16.3 Å². The first-order valence-corrected chi connectivity index (χ1v) is 10.6. The second-order valence-electron chi connectivity index (χ2n) is 8.49. The van der Waals surface area contributed by atoms with Crippen LogP contribution in [0.15, 0.2) is 36.9 Å². The van der Waals surface area contributed by atoms with E-state index in [-0.39, 0.29) is 24.0 Å². The maximum absolute atomic E-state index is 13.0. The minimum absolute atomic E-state index is 0.112. The van der Waals surface area contributed by atoms with E-state index in [1.54, 1.807) is 24.3 Å². The summed E-state index contributed by atoms with van der Waals surface area (Å²) >= 11 is 1.39. The van der Waals surface area contributed by atoms with Gasteiger partial charge in [0.15, 0.2) is 6.23 Å². The van der Waals surface area contributed by atoms with Gasteiger partial charge in [-0.15, -0.1) is 11.3 Å². The molecule has 1 amide bonds. The van der Waals surface area contributed by atoms with Crippen molar-refractivity contribution < 1.29 is 14.3 Å². The van der Waals surface area contributed by atoms with Crippen LogP contribution < -0.4 is 10.2 Å². The van der Waals surface area contributed by atoms with Gasteiger partial charge in [-0.2, -0.15) is 0 Å². The number of nitrogens with zero attached hydrogens (tertiary/aromatic N) is 4. The Kier molecular flexibility index (Phi) is 5.33. The Morgan fingerprint density at radius 3 is 2.87 bits per heavy atom. The number of hydrogen-bond acceptors (Lipinski definition) is 7. The number of rotatable bonds is 4. The van der Waals surface area contributed by atoms with Gasteiger partial charge in [-0.25, -0.2) is 9.97 Å². The molecule has 8 nitrogen and oxygen atoms in total. The maximum Gasteiger partial charge on any atom is 0.312 e. The molecule has 1 saturated heterocycles. The summed E-state index contributed by atoms with van der Waals surface area (Å²) in [6, 6.07) is 3.75. The van der Waals surface area contributed by atoms with Gasteiger partial charge in [0.25, 0.3) is 5.91 Å². The summed E-state index contributed by atoms with van der Waals surface area (Å²) in [6.45, 7) is 6.17. The summed E-state index contributed by atoms with van der Waals surface area (Å²) in [5.41, 5.74) is 1.01. The fourth-order valence-electron chi connectivity index (χ4n) is 3.25. The molecule has 1 aliphatic rings. The number of carbonyl (C=O) groups excluding carboxylic acids is 2. The van der Waals surface area contributed by atoms with Crippen molar-refractivity contribution in [3.05, 3.63) is 46.8 Å². The van der Waals surface area contributed by atoms with E-state index in [0.29, 0.717) is 17.8 Å². The molecule has 4 heterocycles. The van der Waals surface area contributed by atoms with Gasteiger partial charge in [-0.05, 0) is 26.8 Å². The van der Waals surface area contributed by atoms with E-state index in [2.05, 4.69) is 15.3 Å². The lowest BCUT2D eigenvalue weighted by atomic mass is 9.97. The number of nitrogens with one attached hydrogen (secondary N) is 1. The van der Waals surface area contributed by atoms with E-state index in [1.807, 2.05) is 49.7 Å². The largest absolute Gasteiger partial charge is 0.446 e. The zero-order valence-corrected chi connectivity index (χ0v) is 18.3. The zero-order valence-electron chi connectivity index (χ0n) is 17.5. The lowest BCUT2D eigenvalue weighted by Crippen LogP contribution is -2.33. The topological polar surface area (TPSA) is 88.8 Å². The number of anilines is 1. The van der Waals surface area contributed by atoms with Crippen molar-refractivity contribution in [3.63, 3.8) is 0 Å². The van der Waals surface area contributed by atoms with Crippen molar-refractivity contribution >= 4 is 34.5 Å². The summed E-state index contributed by atoms with van der Waals surface area (Å²) in [5.74, 6) is -0.232. The number of imidazole rings is 1. The predicted molar refractivity (Wildman–Crippen MR) is 115 cm³/mol. The molecule has 1 fully saturated rings. The first-order valence-electron chi connectivity index (χ1n) is 9.83. The van der Waals surface area contributed by atoms with Crippen LogP contribution in [0.4, 0.5) is 5.69 Å². The number of esters is 1. The lowest BCUT2D eigenvalue weighted by Gasteiger charge is -2.20. The first kappa shape index (κ1) is 20.5. The van der Waals surface area contributed by atoms with Crippen molar-refractivity contribution in [1.82, 2.24) is 19.7 Å². The third-order valence-electron chi connectivity index (χ3n) is 5.11. The minimum atomic E-state index is -0.537. The van der Waals surface area contributed by atoms with Crippen LogP contribution in [-0.2, 0) is 9.53 Å². The number of fused-ring (bicyclic) bond motifs is 1. The highest BCUT2D eigenvalue weighted by Crippen LogP contribution is 2.31. The Hall–Kier alpha value is -2.78. The van der Waals surface area contributed by atoms with Crippen molar-refractivity contribution in [2.75, 3.05) is 18.5 Å². The second-order valence-corrected chi connectivity index (χ2v) is 9.55. The molecule has 2 atom stereocenters. The Balaban J connectivity index is 1.42. The van der Waals surface area contributed by atoms with Gasteiger partial charge in [0.1, 0.15) is 10.5 Å². The number of amides is 1. The number of aromatic nitrogens is 3. The Bertz CT molecular complexity index is 1080. The van der Waals surface area contributed by atoms with Crippen LogP contribution in [0.25, 0.3) is 5.65 Å². The number of pyridine rings is 1. The van der Waals surface area contributed by atoms with Gasteiger partial charge in [0.2, 0.25) is 0 Å². The van der Waals surface area contributed by atoms with E-state index in [4.69, 9.17) is 4.74 Å². The standard InChI is InChI=1S/C21H25N5O3S/c1-21(2,3)20(28)29-17-9-13(11-23-17)18-24-12-15(30-18)19(27)25(4)14-5-7-26-8-6-22-16(26)10-14/h5-8,10,12-13,17,23H,9,11H2,1-4H3. The van der Waals surface area contributed by atoms with Crippen molar-refractivity contribution in [1.29, 1.82) is 0 Å². The normalized spacial score (nSPS) is 19.2.